The average molecular weight is 310 g/mol. The Morgan fingerprint density at radius 1 is 0.792 bits per heavy atom. The van der Waals surface area contributed by atoms with E-state index in [0.29, 0.717) is 5.56 Å². The number of aryl methyl sites for hydroxylation is 2. The molecule has 0 aliphatic carbocycles. The van der Waals surface area contributed by atoms with E-state index in [9.17, 15) is 5.26 Å². The van der Waals surface area contributed by atoms with Gasteiger partial charge in [-0.3, -0.25) is 0 Å². The van der Waals surface area contributed by atoms with Crippen molar-refractivity contribution >= 4 is 17.1 Å². The van der Waals surface area contributed by atoms with Gasteiger partial charge in [0.15, 0.2) is 0 Å². The topological polar surface area (TPSA) is 27.0 Å². The Morgan fingerprint density at radius 3 is 2.33 bits per heavy atom. The number of benzene rings is 3. The SMILES string of the molecule is Cc1cccc2c1CCc1ccccc1N2c1ccccc1C#N. The number of rotatable bonds is 1. The van der Waals surface area contributed by atoms with E-state index in [1.165, 1.54) is 28.1 Å². The Hall–Kier alpha value is -3.05. The zero-order chi connectivity index (χ0) is 16.5. The maximum absolute atomic E-state index is 9.59. The van der Waals surface area contributed by atoms with E-state index in [1.807, 2.05) is 24.3 Å². The van der Waals surface area contributed by atoms with Crippen LogP contribution in [0.2, 0.25) is 0 Å². The second-order valence-corrected chi connectivity index (χ2v) is 6.17. The molecular formula is C22H18N2. The average Bonchev–Trinajstić information content (AvgIpc) is 2.79. The number of hydrogen-bond donors (Lipinski definition) is 0. The smallest absolute Gasteiger partial charge is 0.101 e. The van der Waals surface area contributed by atoms with Crippen LogP contribution < -0.4 is 4.90 Å². The first-order valence-electron chi connectivity index (χ1n) is 8.25. The van der Waals surface area contributed by atoms with Crippen molar-refractivity contribution in [2.75, 3.05) is 4.90 Å². The standard InChI is InChI=1S/C22H18N2/c1-16-7-6-12-22-19(16)14-13-17-8-2-4-10-20(17)24(22)21-11-5-3-9-18(21)15-23/h2-12H,13-14H2,1H3. The molecule has 2 heteroatoms. The molecule has 1 aliphatic rings. The van der Waals surface area contributed by atoms with Gasteiger partial charge in [0.25, 0.3) is 0 Å². The molecule has 116 valence electrons. The molecule has 1 aliphatic heterocycles. The predicted molar refractivity (Wildman–Crippen MR) is 98.0 cm³/mol. The number of hydrogen-bond acceptors (Lipinski definition) is 2. The van der Waals surface area contributed by atoms with Gasteiger partial charge < -0.3 is 4.90 Å². The maximum atomic E-state index is 9.59. The molecule has 2 nitrogen and oxygen atoms in total. The lowest BCUT2D eigenvalue weighted by Gasteiger charge is -2.28. The summed E-state index contributed by atoms with van der Waals surface area (Å²) in [4.78, 5) is 2.25. The first kappa shape index (κ1) is 14.5. The minimum Gasteiger partial charge on any atom is -0.309 e. The molecule has 0 amide bonds. The molecule has 0 saturated carbocycles. The molecule has 1 heterocycles. The lowest BCUT2D eigenvalue weighted by atomic mass is 10.0. The highest BCUT2D eigenvalue weighted by molar-refractivity contribution is 5.84. The van der Waals surface area contributed by atoms with Crippen LogP contribution in [0.3, 0.4) is 0 Å². The van der Waals surface area contributed by atoms with E-state index in [1.54, 1.807) is 0 Å². The molecule has 0 bridgehead atoms. The van der Waals surface area contributed by atoms with Crippen molar-refractivity contribution in [2.45, 2.75) is 19.8 Å². The number of para-hydroxylation sites is 2. The van der Waals surface area contributed by atoms with Crippen molar-refractivity contribution in [2.24, 2.45) is 0 Å². The molecule has 0 spiro atoms. The molecule has 0 atom stereocenters. The molecule has 3 aromatic carbocycles. The molecule has 0 fully saturated rings. The van der Waals surface area contributed by atoms with Gasteiger partial charge in [0, 0.05) is 11.4 Å². The number of anilines is 3. The fraction of sp³-hybridized carbons (Fsp3) is 0.136. The van der Waals surface area contributed by atoms with Crippen molar-refractivity contribution in [3.8, 4) is 6.07 Å². The normalized spacial score (nSPS) is 12.8. The van der Waals surface area contributed by atoms with E-state index < -0.39 is 0 Å². The van der Waals surface area contributed by atoms with Gasteiger partial charge in [0.2, 0.25) is 0 Å². The predicted octanol–water partition coefficient (Wildman–Crippen LogP) is 5.44. The van der Waals surface area contributed by atoms with Gasteiger partial charge in [-0.15, -0.1) is 0 Å². The van der Waals surface area contributed by atoms with Gasteiger partial charge in [0.1, 0.15) is 6.07 Å². The van der Waals surface area contributed by atoms with Crippen LogP contribution >= 0.6 is 0 Å². The Bertz CT molecular complexity index is 950. The minimum atomic E-state index is 0.696. The Kier molecular flexibility index (Phi) is 3.55. The van der Waals surface area contributed by atoms with Crippen LogP contribution in [0, 0.1) is 18.3 Å². The lowest BCUT2D eigenvalue weighted by Crippen LogP contribution is -2.13. The van der Waals surface area contributed by atoms with Crippen molar-refractivity contribution in [1.29, 1.82) is 5.26 Å². The number of nitrogens with zero attached hydrogens (tertiary/aromatic N) is 2. The Labute approximate surface area is 142 Å². The summed E-state index contributed by atoms with van der Waals surface area (Å²) in [5, 5.41) is 9.59. The van der Waals surface area contributed by atoms with Crippen LogP contribution in [0.15, 0.2) is 66.7 Å². The van der Waals surface area contributed by atoms with Gasteiger partial charge in [-0.25, -0.2) is 0 Å². The van der Waals surface area contributed by atoms with Crippen molar-refractivity contribution < 1.29 is 0 Å². The van der Waals surface area contributed by atoms with Gasteiger partial charge in [-0.2, -0.15) is 5.26 Å². The first-order chi connectivity index (χ1) is 11.8. The van der Waals surface area contributed by atoms with Crippen LogP contribution in [0.5, 0.6) is 0 Å². The van der Waals surface area contributed by atoms with Crippen LogP contribution in [-0.2, 0) is 12.8 Å². The summed E-state index contributed by atoms with van der Waals surface area (Å²) in [5.74, 6) is 0. The highest BCUT2D eigenvalue weighted by atomic mass is 15.2. The second-order valence-electron chi connectivity index (χ2n) is 6.17. The number of fused-ring (bicyclic) bond motifs is 2. The zero-order valence-corrected chi connectivity index (χ0v) is 13.7. The molecule has 24 heavy (non-hydrogen) atoms. The van der Waals surface area contributed by atoms with E-state index >= 15 is 0 Å². The zero-order valence-electron chi connectivity index (χ0n) is 13.7. The molecular weight excluding hydrogens is 292 g/mol. The van der Waals surface area contributed by atoms with Gasteiger partial charge in [-0.05, 0) is 60.7 Å². The fourth-order valence-electron chi connectivity index (χ4n) is 3.57. The highest BCUT2D eigenvalue weighted by Gasteiger charge is 2.24. The van der Waals surface area contributed by atoms with Crippen LogP contribution in [-0.4, -0.2) is 0 Å². The molecule has 0 unspecified atom stereocenters. The van der Waals surface area contributed by atoms with Crippen LogP contribution in [0.1, 0.15) is 22.3 Å². The second kappa shape index (κ2) is 5.86. The van der Waals surface area contributed by atoms with E-state index in [4.69, 9.17) is 0 Å². The molecule has 0 aromatic heterocycles. The summed E-state index contributed by atoms with van der Waals surface area (Å²) < 4.78 is 0. The van der Waals surface area contributed by atoms with E-state index in [0.717, 1.165) is 18.5 Å². The summed E-state index contributed by atoms with van der Waals surface area (Å²) in [6.07, 6.45) is 2.03. The third-order valence-corrected chi connectivity index (χ3v) is 4.77. The molecule has 4 rings (SSSR count). The quantitative estimate of drug-likeness (QED) is 0.599. The lowest BCUT2D eigenvalue weighted by molar-refractivity contribution is 0.966. The van der Waals surface area contributed by atoms with Gasteiger partial charge in [-0.1, -0.05) is 42.5 Å². The summed E-state index contributed by atoms with van der Waals surface area (Å²) in [5.41, 5.74) is 7.98. The molecule has 3 aromatic rings. The fourth-order valence-corrected chi connectivity index (χ4v) is 3.57. The van der Waals surface area contributed by atoms with Gasteiger partial charge >= 0.3 is 0 Å². The Morgan fingerprint density at radius 2 is 1.50 bits per heavy atom. The van der Waals surface area contributed by atoms with Crippen LogP contribution in [0.25, 0.3) is 0 Å². The third kappa shape index (κ3) is 2.26. The summed E-state index contributed by atoms with van der Waals surface area (Å²) in [7, 11) is 0. The number of nitriles is 1. The highest BCUT2D eigenvalue weighted by Crippen LogP contribution is 2.43. The largest absolute Gasteiger partial charge is 0.309 e. The molecule has 0 radical (unpaired) electrons. The molecule has 0 saturated heterocycles. The van der Waals surface area contributed by atoms with E-state index in [2.05, 4.69) is 60.4 Å². The minimum absolute atomic E-state index is 0.696. The van der Waals surface area contributed by atoms with Gasteiger partial charge in [0.05, 0.1) is 11.3 Å². The van der Waals surface area contributed by atoms with E-state index in [-0.39, 0.29) is 0 Å². The van der Waals surface area contributed by atoms with Crippen molar-refractivity contribution in [3.63, 3.8) is 0 Å². The molecule has 0 N–H and O–H groups in total. The summed E-state index contributed by atoms with van der Waals surface area (Å²) in [6.45, 7) is 2.17. The monoisotopic (exact) mass is 310 g/mol. The summed E-state index contributed by atoms with van der Waals surface area (Å²) >= 11 is 0. The maximum Gasteiger partial charge on any atom is 0.101 e. The summed E-state index contributed by atoms with van der Waals surface area (Å²) in [6, 6.07) is 25.1. The van der Waals surface area contributed by atoms with Crippen molar-refractivity contribution in [3.05, 3.63) is 89.0 Å². The third-order valence-electron chi connectivity index (χ3n) is 4.77. The first-order valence-corrected chi connectivity index (χ1v) is 8.25. The van der Waals surface area contributed by atoms with Crippen molar-refractivity contribution in [1.82, 2.24) is 0 Å². The van der Waals surface area contributed by atoms with Crippen LogP contribution in [0.4, 0.5) is 17.1 Å². The Balaban J connectivity index is 2.05.